The maximum atomic E-state index is 11.3. The summed E-state index contributed by atoms with van der Waals surface area (Å²) in [6.45, 7) is 18.9. The van der Waals surface area contributed by atoms with Gasteiger partial charge >= 0.3 is 5.97 Å². The Morgan fingerprint density at radius 3 is 2.09 bits per heavy atom. The van der Waals surface area contributed by atoms with E-state index in [-0.39, 0.29) is 10.0 Å². The lowest BCUT2D eigenvalue weighted by molar-refractivity contribution is -0.131. The molecule has 32 heavy (non-hydrogen) atoms. The van der Waals surface area contributed by atoms with Gasteiger partial charge in [0.1, 0.15) is 5.75 Å². The monoisotopic (exact) mass is 474 g/mol. The maximum Gasteiger partial charge on any atom is 0.308 e. The van der Waals surface area contributed by atoms with Crippen molar-refractivity contribution in [3.05, 3.63) is 58.2 Å². The number of esters is 1. The zero-order valence-electron chi connectivity index (χ0n) is 21.6. The molecule has 1 aromatic rings. The maximum absolute atomic E-state index is 11.3. The normalized spacial score (nSPS) is 12.7. The minimum Gasteiger partial charge on any atom is -0.426 e. The number of thioether (sulfide) groups is 2. The van der Waals surface area contributed by atoms with Gasteiger partial charge in [-0.15, -0.1) is 23.5 Å². The Morgan fingerprint density at radius 2 is 1.50 bits per heavy atom. The Morgan fingerprint density at radius 1 is 0.906 bits per heavy atom. The van der Waals surface area contributed by atoms with Crippen molar-refractivity contribution in [2.24, 2.45) is 0 Å². The van der Waals surface area contributed by atoms with Crippen molar-refractivity contribution < 1.29 is 9.53 Å². The van der Waals surface area contributed by atoms with E-state index in [9.17, 15) is 4.79 Å². The molecule has 0 aliphatic carbocycles. The Bertz CT molecular complexity index is 856. The zero-order chi connectivity index (χ0) is 24.3. The topological polar surface area (TPSA) is 26.3 Å². The van der Waals surface area contributed by atoms with Crippen molar-refractivity contribution in [3.8, 4) is 5.75 Å². The Kier molecular flexibility index (Phi) is 12.5. The van der Waals surface area contributed by atoms with Crippen LogP contribution in [-0.4, -0.2) is 15.8 Å². The van der Waals surface area contributed by atoms with Gasteiger partial charge in [0.15, 0.2) is 0 Å². The van der Waals surface area contributed by atoms with Crippen LogP contribution in [0.3, 0.4) is 0 Å². The molecule has 2 nitrogen and oxygen atoms in total. The second-order valence-electron chi connectivity index (χ2n) is 9.25. The van der Waals surface area contributed by atoms with Gasteiger partial charge in [0.25, 0.3) is 0 Å². The van der Waals surface area contributed by atoms with E-state index < -0.39 is 0 Å². The summed E-state index contributed by atoms with van der Waals surface area (Å²) in [5.74, 6) is 1.39. The van der Waals surface area contributed by atoms with Crippen LogP contribution in [0.15, 0.2) is 52.0 Å². The summed E-state index contributed by atoms with van der Waals surface area (Å²) in [5, 5.41) is 0. The van der Waals surface area contributed by atoms with E-state index in [0.717, 1.165) is 42.6 Å². The van der Waals surface area contributed by atoms with Crippen molar-refractivity contribution in [1.29, 1.82) is 0 Å². The van der Waals surface area contributed by atoms with E-state index in [0.29, 0.717) is 5.75 Å². The molecule has 178 valence electrons. The molecule has 0 aliphatic rings. The molecular weight excluding hydrogens is 432 g/mol. The largest absolute Gasteiger partial charge is 0.426 e. The van der Waals surface area contributed by atoms with Crippen molar-refractivity contribution >= 4 is 29.5 Å². The Balaban J connectivity index is 2.55. The molecule has 4 heteroatoms. The highest BCUT2D eigenvalue weighted by Gasteiger charge is 2.21. The molecule has 0 aliphatic heterocycles. The van der Waals surface area contributed by atoms with Crippen LogP contribution in [0, 0.1) is 13.8 Å². The fourth-order valence-electron chi connectivity index (χ4n) is 3.16. The molecule has 0 spiro atoms. The first kappa shape index (κ1) is 28.6. The highest BCUT2D eigenvalue weighted by Crippen LogP contribution is 2.43. The average molecular weight is 475 g/mol. The number of allylic oxidation sites excluding steroid dienone is 5. The standard InChI is InChI=1S/C28H42O2S2/c1-20(2)12-10-13-21(3)14-11-15-22(4)16-17-31-28(8,9)32-27-19-23(5)26(18-24(27)6)30-25(7)29/h12,14,16,18-19H,10-11,13,15,17H2,1-9H3/b21-14+,22-16+. The number of aryl methyl sites for hydroxylation is 2. The molecule has 0 bridgehead atoms. The summed E-state index contributed by atoms with van der Waals surface area (Å²) >= 11 is 3.84. The highest BCUT2D eigenvalue weighted by molar-refractivity contribution is 8.18. The van der Waals surface area contributed by atoms with E-state index in [4.69, 9.17) is 4.74 Å². The van der Waals surface area contributed by atoms with Gasteiger partial charge in [-0.05, 0) is 104 Å². The Hall–Kier alpha value is -1.39. The van der Waals surface area contributed by atoms with Gasteiger partial charge in [-0.3, -0.25) is 4.79 Å². The van der Waals surface area contributed by atoms with E-state index >= 15 is 0 Å². The summed E-state index contributed by atoms with van der Waals surface area (Å²) in [6, 6.07) is 4.10. The quantitative estimate of drug-likeness (QED) is 0.0991. The van der Waals surface area contributed by atoms with Gasteiger partial charge in [0.05, 0.1) is 4.08 Å². The second-order valence-corrected chi connectivity index (χ2v) is 12.8. The number of ether oxygens (including phenoxy) is 1. The minimum atomic E-state index is -0.277. The van der Waals surface area contributed by atoms with Gasteiger partial charge in [-0.2, -0.15) is 0 Å². The molecule has 0 amide bonds. The van der Waals surface area contributed by atoms with Gasteiger partial charge in [-0.1, -0.05) is 34.9 Å². The first-order chi connectivity index (χ1) is 14.9. The van der Waals surface area contributed by atoms with Crippen LogP contribution >= 0.6 is 23.5 Å². The number of benzene rings is 1. The van der Waals surface area contributed by atoms with Crippen molar-refractivity contribution in [2.75, 3.05) is 5.75 Å². The summed E-state index contributed by atoms with van der Waals surface area (Å²) in [6.07, 6.45) is 11.7. The summed E-state index contributed by atoms with van der Waals surface area (Å²) < 4.78 is 5.36. The van der Waals surface area contributed by atoms with Gasteiger partial charge < -0.3 is 4.74 Å². The lowest BCUT2D eigenvalue weighted by atomic mass is 10.1. The number of hydrogen-bond acceptors (Lipinski definition) is 4. The van der Waals surface area contributed by atoms with Crippen LogP contribution in [0.1, 0.15) is 85.3 Å². The lowest BCUT2D eigenvalue weighted by Gasteiger charge is -2.24. The molecule has 0 unspecified atom stereocenters. The van der Waals surface area contributed by atoms with Crippen LogP contribution < -0.4 is 4.74 Å². The van der Waals surface area contributed by atoms with Crippen molar-refractivity contribution in [3.63, 3.8) is 0 Å². The third kappa shape index (κ3) is 12.0. The molecule has 0 radical (unpaired) electrons. The van der Waals surface area contributed by atoms with E-state index in [1.807, 2.05) is 36.5 Å². The van der Waals surface area contributed by atoms with E-state index in [1.54, 1.807) is 0 Å². The van der Waals surface area contributed by atoms with Crippen LogP contribution in [-0.2, 0) is 4.79 Å². The molecule has 0 saturated heterocycles. The second kappa shape index (κ2) is 14.0. The highest BCUT2D eigenvalue weighted by atomic mass is 32.2. The predicted octanol–water partition coefficient (Wildman–Crippen LogP) is 9.21. The summed E-state index contributed by atoms with van der Waals surface area (Å²) in [4.78, 5) is 12.5. The van der Waals surface area contributed by atoms with Crippen LogP contribution in [0.25, 0.3) is 0 Å². The number of carbonyl (C=O) groups excluding carboxylic acids is 1. The minimum absolute atomic E-state index is 0.0539. The van der Waals surface area contributed by atoms with E-state index in [1.165, 1.54) is 28.5 Å². The van der Waals surface area contributed by atoms with Gasteiger partial charge in [0.2, 0.25) is 0 Å². The Labute approximate surface area is 205 Å². The molecule has 0 saturated carbocycles. The zero-order valence-corrected chi connectivity index (χ0v) is 23.2. The third-order valence-electron chi connectivity index (χ3n) is 5.07. The molecule has 1 aromatic carbocycles. The molecular formula is C28H42O2S2. The van der Waals surface area contributed by atoms with Gasteiger partial charge in [-0.25, -0.2) is 0 Å². The summed E-state index contributed by atoms with van der Waals surface area (Å²) in [7, 11) is 0. The molecule has 0 N–H and O–H groups in total. The SMILES string of the molecule is CC(=O)Oc1cc(C)c(SC(C)(C)SC/C=C(\C)CC/C=C(\C)CCC=C(C)C)cc1C. The van der Waals surface area contributed by atoms with Crippen LogP contribution in [0.5, 0.6) is 5.75 Å². The third-order valence-corrected chi connectivity index (χ3v) is 7.85. The number of rotatable bonds is 12. The van der Waals surface area contributed by atoms with Crippen LogP contribution in [0.4, 0.5) is 0 Å². The number of carbonyl (C=O) groups is 1. The molecule has 1 rings (SSSR count). The average Bonchev–Trinajstić information content (AvgIpc) is 2.64. The fraction of sp³-hybridized carbons (Fsp3) is 0.536. The fourth-order valence-corrected chi connectivity index (χ4v) is 5.62. The summed E-state index contributed by atoms with van der Waals surface area (Å²) in [5.41, 5.74) is 6.49. The van der Waals surface area contributed by atoms with E-state index in [2.05, 4.69) is 72.8 Å². The van der Waals surface area contributed by atoms with Crippen molar-refractivity contribution in [1.82, 2.24) is 0 Å². The van der Waals surface area contributed by atoms with Gasteiger partial charge in [0, 0.05) is 17.6 Å². The first-order valence-corrected chi connectivity index (χ1v) is 13.3. The smallest absolute Gasteiger partial charge is 0.308 e. The molecule has 0 fully saturated rings. The molecule has 0 atom stereocenters. The van der Waals surface area contributed by atoms with Crippen LogP contribution in [0.2, 0.25) is 0 Å². The van der Waals surface area contributed by atoms with Crippen molar-refractivity contribution in [2.45, 2.75) is 97.0 Å². The first-order valence-electron chi connectivity index (χ1n) is 11.5. The molecule has 0 aromatic heterocycles. The molecule has 0 heterocycles. The lowest BCUT2D eigenvalue weighted by Crippen LogP contribution is -2.10. The number of hydrogen-bond donors (Lipinski definition) is 0. The predicted molar refractivity (Wildman–Crippen MR) is 145 cm³/mol.